The first kappa shape index (κ1) is 18.8. The molecule has 2 aliphatic rings. The number of carbonyl (C=O) groups excluding carboxylic acids is 1. The second-order valence-electron chi connectivity index (χ2n) is 6.88. The van der Waals surface area contributed by atoms with E-state index in [9.17, 15) is 4.79 Å². The van der Waals surface area contributed by atoms with Crippen molar-refractivity contribution in [2.45, 2.75) is 31.7 Å². The van der Waals surface area contributed by atoms with Gasteiger partial charge in [0, 0.05) is 24.3 Å². The Labute approximate surface area is 171 Å². The van der Waals surface area contributed by atoms with E-state index < -0.39 is 0 Å². The normalized spacial score (nSPS) is 19.3. The maximum absolute atomic E-state index is 12.9. The molecule has 1 atom stereocenters. The van der Waals surface area contributed by atoms with E-state index in [1.165, 1.54) is 24.2 Å². The highest BCUT2D eigenvalue weighted by Crippen LogP contribution is 2.36. The number of thiophene rings is 1. The molecule has 5 nitrogen and oxygen atoms in total. The van der Waals surface area contributed by atoms with Gasteiger partial charge in [-0.3, -0.25) is 4.79 Å². The molecule has 2 aliphatic heterocycles. The highest BCUT2D eigenvalue weighted by atomic mass is 79.9. The molecule has 144 valence electrons. The summed E-state index contributed by atoms with van der Waals surface area (Å²) in [5.74, 6) is 1.44. The van der Waals surface area contributed by atoms with Gasteiger partial charge in [-0.1, -0.05) is 0 Å². The molecule has 0 saturated carbocycles. The number of carbonyl (C=O) groups is 1. The number of rotatable bonds is 6. The highest BCUT2D eigenvalue weighted by molar-refractivity contribution is 9.11. The van der Waals surface area contributed by atoms with Gasteiger partial charge in [-0.05, 0) is 71.9 Å². The lowest BCUT2D eigenvalue weighted by atomic mass is 10.1. The van der Waals surface area contributed by atoms with Crippen molar-refractivity contribution in [2.75, 3.05) is 31.7 Å². The van der Waals surface area contributed by atoms with Crippen LogP contribution in [-0.2, 0) is 6.42 Å². The van der Waals surface area contributed by atoms with Crippen LogP contribution >= 0.6 is 27.3 Å². The molecular weight excluding hydrogens is 428 g/mol. The molecule has 0 aliphatic carbocycles. The Bertz CT molecular complexity index is 833. The van der Waals surface area contributed by atoms with E-state index in [1.54, 1.807) is 7.11 Å². The van der Waals surface area contributed by atoms with E-state index >= 15 is 0 Å². The first-order valence-electron chi connectivity index (χ1n) is 9.30. The Morgan fingerprint density at radius 1 is 1.33 bits per heavy atom. The minimum atomic E-state index is 0.0509. The topological polar surface area (TPSA) is 50.8 Å². The van der Waals surface area contributed by atoms with Crippen LogP contribution in [0.3, 0.4) is 0 Å². The van der Waals surface area contributed by atoms with E-state index in [1.807, 2.05) is 29.2 Å². The van der Waals surface area contributed by atoms with E-state index in [2.05, 4.69) is 21.2 Å². The van der Waals surface area contributed by atoms with Crippen molar-refractivity contribution < 1.29 is 14.3 Å². The first-order chi connectivity index (χ1) is 13.2. The quantitative estimate of drug-likeness (QED) is 0.714. The Morgan fingerprint density at radius 2 is 2.22 bits per heavy atom. The number of amides is 1. The number of fused-ring (bicyclic) bond motifs is 1. The van der Waals surface area contributed by atoms with Crippen molar-refractivity contribution >= 4 is 38.9 Å². The number of nitrogens with one attached hydrogen (secondary N) is 1. The second-order valence-corrected chi connectivity index (χ2v) is 9.31. The first-order valence-corrected chi connectivity index (χ1v) is 10.9. The van der Waals surface area contributed by atoms with Gasteiger partial charge in [0.15, 0.2) is 11.5 Å². The average molecular weight is 451 g/mol. The highest BCUT2D eigenvalue weighted by Gasteiger charge is 2.28. The lowest BCUT2D eigenvalue weighted by molar-refractivity contribution is 0.0985. The fraction of sp³-hybridized carbons (Fsp3) is 0.450. The van der Waals surface area contributed by atoms with E-state index in [0.29, 0.717) is 24.9 Å². The van der Waals surface area contributed by atoms with Crippen LogP contribution in [0.5, 0.6) is 11.5 Å². The molecule has 1 aromatic heterocycles. The van der Waals surface area contributed by atoms with Crippen molar-refractivity contribution in [1.82, 2.24) is 5.32 Å². The third kappa shape index (κ3) is 4.00. The number of halogens is 1. The molecule has 3 heterocycles. The summed E-state index contributed by atoms with van der Waals surface area (Å²) in [6.45, 7) is 2.43. The summed E-state index contributed by atoms with van der Waals surface area (Å²) in [4.78, 5) is 15.5. The van der Waals surface area contributed by atoms with Gasteiger partial charge in [-0.15, -0.1) is 11.3 Å². The van der Waals surface area contributed by atoms with Crippen molar-refractivity contribution in [2.24, 2.45) is 0 Å². The molecule has 1 amide bonds. The lowest BCUT2D eigenvalue weighted by Crippen LogP contribution is -2.36. The number of methoxy groups -OCH3 is 1. The molecule has 27 heavy (non-hydrogen) atoms. The molecule has 0 radical (unpaired) electrons. The molecule has 1 aromatic carbocycles. The van der Waals surface area contributed by atoms with Crippen LogP contribution in [0.25, 0.3) is 0 Å². The van der Waals surface area contributed by atoms with Crippen molar-refractivity contribution in [3.05, 3.63) is 38.5 Å². The fourth-order valence-electron chi connectivity index (χ4n) is 3.72. The van der Waals surface area contributed by atoms with Gasteiger partial charge in [0.25, 0.3) is 5.91 Å². The number of ether oxygens (including phenoxy) is 2. The Hall–Kier alpha value is -1.57. The van der Waals surface area contributed by atoms with Gasteiger partial charge in [0.2, 0.25) is 0 Å². The standard InChI is InChI=1S/C20H23BrN2O3S/c1-25-17-12-15(4-5-16(17)26-10-7-14-3-2-8-22-14)23-9-6-13-11-18(21)27-19(13)20(23)24/h4-5,11-12,14,22H,2-3,6-10H2,1H3. The summed E-state index contributed by atoms with van der Waals surface area (Å²) in [6, 6.07) is 8.35. The smallest absolute Gasteiger partial charge is 0.268 e. The van der Waals surface area contributed by atoms with Gasteiger partial charge in [-0.25, -0.2) is 0 Å². The predicted octanol–water partition coefficient (Wildman–Crippen LogP) is 4.24. The summed E-state index contributed by atoms with van der Waals surface area (Å²) in [6.07, 6.45) is 4.32. The molecule has 0 spiro atoms. The van der Waals surface area contributed by atoms with Crippen molar-refractivity contribution in [3.8, 4) is 11.5 Å². The third-order valence-corrected chi connectivity index (χ3v) is 6.84. The van der Waals surface area contributed by atoms with Crippen LogP contribution in [0.4, 0.5) is 5.69 Å². The monoisotopic (exact) mass is 450 g/mol. The SMILES string of the molecule is COc1cc(N2CCc3cc(Br)sc3C2=O)ccc1OCCC1CCCN1. The summed E-state index contributed by atoms with van der Waals surface area (Å²) < 4.78 is 12.5. The summed E-state index contributed by atoms with van der Waals surface area (Å²) in [5.41, 5.74) is 1.97. The van der Waals surface area contributed by atoms with Crippen LogP contribution in [0.2, 0.25) is 0 Å². The zero-order valence-corrected chi connectivity index (χ0v) is 17.7. The van der Waals surface area contributed by atoms with Gasteiger partial charge in [0.1, 0.15) is 0 Å². The average Bonchev–Trinajstić information content (AvgIpc) is 3.32. The van der Waals surface area contributed by atoms with Gasteiger partial charge >= 0.3 is 0 Å². The molecule has 7 heteroatoms. The zero-order valence-electron chi connectivity index (χ0n) is 15.3. The molecule has 0 bridgehead atoms. The predicted molar refractivity (Wildman–Crippen MR) is 112 cm³/mol. The van der Waals surface area contributed by atoms with Crippen LogP contribution in [0.15, 0.2) is 28.1 Å². The Balaban J connectivity index is 1.47. The molecule has 2 aromatic rings. The maximum Gasteiger partial charge on any atom is 0.268 e. The third-order valence-electron chi connectivity index (χ3n) is 5.17. The Kier molecular flexibility index (Phi) is 5.71. The van der Waals surface area contributed by atoms with E-state index in [-0.39, 0.29) is 5.91 Å². The summed E-state index contributed by atoms with van der Waals surface area (Å²) >= 11 is 4.98. The summed E-state index contributed by atoms with van der Waals surface area (Å²) in [7, 11) is 1.64. The molecule has 1 saturated heterocycles. The molecule has 4 rings (SSSR count). The Morgan fingerprint density at radius 3 is 3.00 bits per heavy atom. The second kappa shape index (κ2) is 8.20. The van der Waals surface area contributed by atoms with Crippen LogP contribution in [0, 0.1) is 0 Å². The number of hydrogen-bond acceptors (Lipinski definition) is 5. The fourth-order valence-corrected chi connectivity index (χ4v) is 5.37. The van der Waals surface area contributed by atoms with Crippen LogP contribution in [-0.4, -0.2) is 38.8 Å². The number of hydrogen-bond donors (Lipinski definition) is 1. The van der Waals surface area contributed by atoms with Crippen LogP contribution < -0.4 is 19.7 Å². The van der Waals surface area contributed by atoms with Gasteiger partial charge in [-0.2, -0.15) is 0 Å². The largest absolute Gasteiger partial charge is 0.493 e. The minimum Gasteiger partial charge on any atom is -0.493 e. The van der Waals surface area contributed by atoms with E-state index in [0.717, 1.165) is 45.1 Å². The maximum atomic E-state index is 12.9. The summed E-state index contributed by atoms with van der Waals surface area (Å²) in [5, 5.41) is 3.48. The minimum absolute atomic E-state index is 0.0509. The van der Waals surface area contributed by atoms with Crippen LogP contribution in [0.1, 0.15) is 34.5 Å². The van der Waals surface area contributed by atoms with Gasteiger partial charge < -0.3 is 19.7 Å². The molecule has 1 N–H and O–H groups in total. The number of benzene rings is 1. The lowest BCUT2D eigenvalue weighted by Gasteiger charge is -2.27. The molecule has 1 unspecified atom stereocenters. The molecular formula is C20H23BrN2O3S. The van der Waals surface area contributed by atoms with E-state index in [4.69, 9.17) is 9.47 Å². The molecule has 1 fully saturated rings. The van der Waals surface area contributed by atoms with Crippen molar-refractivity contribution in [1.29, 1.82) is 0 Å². The van der Waals surface area contributed by atoms with Crippen molar-refractivity contribution in [3.63, 3.8) is 0 Å². The zero-order chi connectivity index (χ0) is 18.8. The van der Waals surface area contributed by atoms with Gasteiger partial charge in [0.05, 0.1) is 22.4 Å². The number of anilines is 1. The number of nitrogens with zero attached hydrogens (tertiary/aromatic N) is 1.